The Hall–Kier alpha value is -0.0400. The first kappa shape index (κ1) is 18.3. The molecule has 98 valence electrons. The number of aliphatic hydroxyl groups excluding tert-OH is 1. The van der Waals surface area contributed by atoms with Crippen molar-refractivity contribution in [2.45, 2.75) is 40.0 Å². The highest BCUT2D eigenvalue weighted by Crippen LogP contribution is 2.30. The van der Waals surface area contributed by atoms with Crippen molar-refractivity contribution in [2.75, 3.05) is 19.7 Å². The van der Waals surface area contributed by atoms with E-state index >= 15 is 0 Å². The van der Waals surface area contributed by atoms with E-state index < -0.39 is 0 Å². The molecule has 0 aromatic carbocycles. The highest BCUT2D eigenvalue weighted by atomic mass is 127. The van der Waals surface area contributed by atoms with Crippen LogP contribution in [0.5, 0.6) is 0 Å². The summed E-state index contributed by atoms with van der Waals surface area (Å²) in [5.74, 6) is 0.502. The van der Waals surface area contributed by atoms with Crippen LogP contribution >= 0.6 is 24.0 Å². The van der Waals surface area contributed by atoms with E-state index in [1.54, 1.807) is 0 Å². The number of hydrogen-bond acceptors (Lipinski definition) is 2. The van der Waals surface area contributed by atoms with Gasteiger partial charge < -0.3 is 16.2 Å². The molecule has 0 aliphatic carbocycles. The fraction of sp³-hybridized carbons (Fsp3) is 0.909. The van der Waals surface area contributed by atoms with Gasteiger partial charge in [-0.15, -0.1) is 24.0 Å². The summed E-state index contributed by atoms with van der Waals surface area (Å²) in [4.78, 5) is 4.32. The number of nitrogens with two attached hydrogens (primary N) is 1. The predicted molar refractivity (Wildman–Crippen MR) is 80.3 cm³/mol. The fourth-order valence-corrected chi connectivity index (χ4v) is 1.63. The summed E-state index contributed by atoms with van der Waals surface area (Å²) in [5, 5.41) is 12.0. The number of aliphatic hydroxyl groups is 1. The molecule has 0 spiro atoms. The molecule has 5 heteroatoms. The summed E-state index contributed by atoms with van der Waals surface area (Å²) < 4.78 is 0. The second-order valence-electron chi connectivity index (χ2n) is 3.91. The maximum atomic E-state index is 9.04. The van der Waals surface area contributed by atoms with Gasteiger partial charge in [-0.3, -0.25) is 4.99 Å². The van der Waals surface area contributed by atoms with Crippen LogP contribution in [0.2, 0.25) is 0 Å². The van der Waals surface area contributed by atoms with E-state index in [0.29, 0.717) is 12.5 Å². The minimum absolute atomic E-state index is 0. The summed E-state index contributed by atoms with van der Waals surface area (Å²) in [5.41, 5.74) is 5.78. The van der Waals surface area contributed by atoms with Gasteiger partial charge in [0.2, 0.25) is 0 Å². The first-order valence-corrected chi connectivity index (χ1v) is 5.78. The molecule has 0 amide bonds. The zero-order valence-electron chi connectivity index (χ0n) is 10.6. The first-order valence-electron chi connectivity index (χ1n) is 5.78. The van der Waals surface area contributed by atoms with Crippen LogP contribution in [0.15, 0.2) is 4.99 Å². The molecule has 4 N–H and O–H groups in total. The molecule has 0 aromatic heterocycles. The number of rotatable bonds is 7. The van der Waals surface area contributed by atoms with Crippen molar-refractivity contribution in [1.29, 1.82) is 0 Å². The van der Waals surface area contributed by atoms with Crippen LogP contribution in [0.3, 0.4) is 0 Å². The minimum Gasteiger partial charge on any atom is -0.396 e. The minimum atomic E-state index is 0. The molecule has 0 radical (unpaired) electrons. The first-order chi connectivity index (χ1) is 7.14. The third-order valence-electron chi connectivity index (χ3n) is 3.08. The van der Waals surface area contributed by atoms with Crippen LogP contribution in [-0.4, -0.2) is 30.8 Å². The Bertz CT molecular complexity index is 194. The summed E-state index contributed by atoms with van der Waals surface area (Å²) in [6.45, 7) is 7.97. The maximum absolute atomic E-state index is 9.04. The SMILES string of the molecule is CCNC(N)=NCC(CC)(CC)CCO.I. The predicted octanol–water partition coefficient (Wildman–Crippen LogP) is 1.72. The second-order valence-corrected chi connectivity index (χ2v) is 3.91. The van der Waals surface area contributed by atoms with Crippen molar-refractivity contribution < 1.29 is 5.11 Å². The van der Waals surface area contributed by atoms with E-state index in [0.717, 1.165) is 25.8 Å². The quantitative estimate of drug-likeness (QED) is 0.374. The van der Waals surface area contributed by atoms with Crippen LogP contribution in [0.25, 0.3) is 0 Å². The third kappa shape index (κ3) is 6.52. The lowest BCUT2D eigenvalue weighted by Gasteiger charge is -2.29. The Morgan fingerprint density at radius 3 is 2.25 bits per heavy atom. The average molecular weight is 343 g/mol. The Kier molecular flexibility index (Phi) is 11.6. The highest BCUT2D eigenvalue weighted by molar-refractivity contribution is 14.0. The summed E-state index contributed by atoms with van der Waals surface area (Å²) in [7, 11) is 0. The Labute approximate surface area is 116 Å². The molecule has 0 bridgehead atoms. The lowest BCUT2D eigenvalue weighted by molar-refractivity contribution is 0.175. The molecule has 0 unspecified atom stereocenters. The van der Waals surface area contributed by atoms with Gasteiger partial charge >= 0.3 is 0 Å². The fourth-order valence-electron chi connectivity index (χ4n) is 1.63. The number of nitrogens with zero attached hydrogens (tertiary/aromatic N) is 1. The molecular formula is C11H26IN3O. The Balaban J connectivity index is 0. The zero-order chi connectivity index (χ0) is 11.7. The largest absolute Gasteiger partial charge is 0.396 e. The molecule has 0 saturated carbocycles. The number of halogens is 1. The van der Waals surface area contributed by atoms with Crippen LogP contribution in [-0.2, 0) is 0 Å². The van der Waals surface area contributed by atoms with E-state index in [1.165, 1.54) is 0 Å². The smallest absolute Gasteiger partial charge is 0.188 e. The average Bonchev–Trinajstić information content (AvgIpc) is 2.25. The van der Waals surface area contributed by atoms with Crippen molar-refractivity contribution in [3.63, 3.8) is 0 Å². The van der Waals surface area contributed by atoms with Gasteiger partial charge in [0, 0.05) is 19.7 Å². The van der Waals surface area contributed by atoms with Crippen molar-refractivity contribution in [2.24, 2.45) is 16.1 Å². The molecule has 0 atom stereocenters. The van der Waals surface area contributed by atoms with Gasteiger partial charge in [0.1, 0.15) is 0 Å². The second kappa shape index (κ2) is 10.1. The molecule has 0 heterocycles. The lowest BCUT2D eigenvalue weighted by atomic mass is 9.79. The number of hydrogen-bond donors (Lipinski definition) is 3. The van der Waals surface area contributed by atoms with Crippen LogP contribution < -0.4 is 11.1 Å². The number of guanidine groups is 1. The van der Waals surface area contributed by atoms with Gasteiger partial charge in [-0.25, -0.2) is 0 Å². The van der Waals surface area contributed by atoms with Crippen molar-refractivity contribution in [3.8, 4) is 0 Å². The lowest BCUT2D eigenvalue weighted by Crippen LogP contribution is -2.33. The van der Waals surface area contributed by atoms with E-state index in [2.05, 4.69) is 24.2 Å². The van der Waals surface area contributed by atoms with Crippen LogP contribution in [0, 0.1) is 5.41 Å². The topological polar surface area (TPSA) is 70.6 Å². The molecule has 0 aliphatic heterocycles. The van der Waals surface area contributed by atoms with Gasteiger partial charge in [-0.1, -0.05) is 13.8 Å². The molecule has 4 nitrogen and oxygen atoms in total. The molecule has 0 saturated heterocycles. The highest BCUT2D eigenvalue weighted by Gasteiger charge is 2.25. The molecule has 0 fully saturated rings. The molecule has 0 aliphatic rings. The van der Waals surface area contributed by atoms with E-state index in [9.17, 15) is 0 Å². The summed E-state index contributed by atoms with van der Waals surface area (Å²) in [6, 6.07) is 0. The standard InChI is InChI=1S/C11H25N3O.HI/c1-4-11(5-2,7-8-15)9-14-10(12)13-6-3;/h15H,4-9H2,1-3H3,(H3,12,13,14);1H. The number of aliphatic imine (C=N–C) groups is 1. The van der Waals surface area contributed by atoms with Gasteiger partial charge in [0.25, 0.3) is 0 Å². The summed E-state index contributed by atoms with van der Waals surface area (Å²) >= 11 is 0. The monoisotopic (exact) mass is 343 g/mol. The molecule has 0 aromatic rings. The normalized spacial score (nSPS) is 12.1. The van der Waals surface area contributed by atoms with Gasteiger partial charge in [0.15, 0.2) is 5.96 Å². The van der Waals surface area contributed by atoms with Gasteiger partial charge in [-0.05, 0) is 31.6 Å². The van der Waals surface area contributed by atoms with E-state index in [1.807, 2.05) is 6.92 Å². The van der Waals surface area contributed by atoms with Crippen molar-refractivity contribution in [3.05, 3.63) is 0 Å². The Morgan fingerprint density at radius 2 is 1.88 bits per heavy atom. The summed E-state index contributed by atoms with van der Waals surface area (Å²) in [6.07, 6.45) is 2.84. The van der Waals surface area contributed by atoms with Crippen molar-refractivity contribution in [1.82, 2.24) is 5.32 Å². The Morgan fingerprint density at radius 1 is 1.31 bits per heavy atom. The molecular weight excluding hydrogens is 317 g/mol. The van der Waals surface area contributed by atoms with Gasteiger partial charge in [0.05, 0.1) is 0 Å². The van der Waals surface area contributed by atoms with Crippen LogP contribution in [0.4, 0.5) is 0 Å². The molecule has 0 rings (SSSR count). The number of nitrogens with one attached hydrogen (secondary N) is 1. The van der Waals surface area contributed by atoms with Gasteiger partial charge in [-0.2, -0.15) is 0 Å². The van der Waals surface area contributed by atoms with E-state index in [-0.39, 0.29) is 36.0 Å². The maximum Gasteiger partial charge on any atom is 0.188 e. The van der Waals surface area contributed by atoms with E-state index in [4.69, 9.17) is 10.8 Å². The zero-order valence-corrected chi connectivity index (χ0v) is 13.0. The van der Waals surface area contributed by atoms with Crippen molar-refractivity contribution >= 4 is 29.9 Å². The third-order valence-corrected chi connectivity index (χ3v) is 3.08. The molecule has 16 heavy (non-hydrogen) atoms. The van der Waals surface area contributed by atoms with Crippen LogP contribution in [0.1, 0.15) is 40.0 Å².